The van der Waals surface area contributed by atoms with E-state index in [4.69, 9.17) is 4.74 Å². The molecule has 1 aliphatic rings. The van der Waals surface area contributed by atoms with Gasteiger partial charge in [-0.1, -0.05) is 32.9 Å². The predicted octanol–water partition coefficient (Wildman–Crippen LogP) is 3.37. The number of rotatable bonds is 8. The van der Waals surface area contributed by atoms with Crippen LogP contribution in [0.4, 0.5) is 11.4 Å². The zero-order valence-electron chi connectivity index (χ0n) is 18.4. The normalized spacial score (nSPS) is 14.6. The molecule has 8 heteroatoms. The highest BCUT2D eigenvalue weighted by Crippen LogP contribution is 2.28. The summed E-state index contributed by atoms with van der Waals surface area (Å²) in [5, 5.41) is 2.94. The summed E-state index contributed by atoms with van der Waals surface area (Å²) >= 11 is 0. The van der Waals surface area contributed by atoms with E-state index in [9.17, 15) is 13.2 Å². The number of sulfonamides is 1. The second-order valence-electron chi connectivity index (χ2n) is 7.38. The first-order valence-electron chi connectivity index (χ1n) is 10.8. The Hall–Kier alpha value is -2.42. The number of ether oxygens (including phenoxy) is 1. The number of morpholine rings is 1. The Morgan fingerprint density at radius 2 is 1.77 bits per heavy atom. The van der Waals surface area contributed by atoms with E-state index in [1.807, 2.05) is 24.3 Å². The summed E-state index contributed by atoms with van der Waals surface area (Å²) in [6, 6.07) is 12.5. The van der Waals surface area contributed by atoms with Crippen molar-refractivity contribution in [2.45, 2.75) is 32.1 Å². The average molecular weight is 446 g/mol. The van der Waals surface area contributed by atoms with Crippen molar-refractivity contribution in [3.8, 4) is 0 Å². The molecule has 0 aromatic heterocycles. The second kappa shape index (κ2) is 10.3. The molecule has 1 heterocycles. The number of nitrogens with zero attached hydrogens (tertiary/aromatic N) is 2. The van der Waals surface area contributed by atoms with Crippen LogP contribution >= 0.6 is 0 Å². The maximum absolute atomic E-state index is 13.3. The van der Waals surface area contributed by atoms with Crippen LogP contribution < -0.4 is 10.2 Å². The summed E-state index contributed by atoms with van der Waals surface area (Å²) in [4.78, 5) is 15.5. The van der Waals surface area contributed by atoms with Crippen molar-refractivity contribution in [2.24, 2.45) is 0 Å². The molecule has 0 spiro atoms. The third-order valence-electron chi connectivity index (χ3n) is 5.50. The SMILES string of the molecule is CCc1cccc(NC(=O)c2cc(S(=O)(=O)N(CC)CC)ccc2N2CCOCC2)c1. The van der Waals surface area contributed by atoms with Crippen LogP contribution in [0.1, 0.15) is 36.7 Å². The molecule has 168 valence electrons. The molecule has 3 rings (SSSR count). The first-order valence-corrected chi connectivity index (χ1v) is 12.2. The van der Waals surface area contributed by atoms with Crippen LogP contribution in [0, 0.1) is 0 Å². The minimum Gasteiger partial charge on any atom is -0.378 e. The quantitative estimate of drug-likeness (QED) is 0.674. The van der Waals surface area contributed by atoms with E-state index >= 15 is 0 Å². The minimum atomic E-state index is -3.68. The highest BCUT2D eigenvalue weighted by Gasteiger charge is 2.26. The molecule has 7 nitrogen and oxygen atoms in total. The van der Waals surface area contributed by atoms with E-state index in [1.165, 1.54) is 10.4 Å². The molecule has 0 unspecified atom stereocenters. The Kier molecular flexibility index (Phi) is 7.69. The molecule has 1 N–H and O–H groups in total. The number of nitrogens with one attached hydrogen (secondary N) is 1. The van der Waals surface area contributed by atoms with Crippen molar-refractivity contribution in [2.75, 3.05) is 49.6 Å². The van der Waals surface area contributed by atoms with Gasteiger partial charge < -0.3 is 15.0 Å². The van der Waals surface area contributed by atoms with Crippen molar-refractivity contribution in [1.29, 1.82) is 0 Å². The summed E-state index contributed by atoms with van der Waals surface area (Å²) < 4.78 is 32.9. The fraction of sp³-hybridized carbons (Fsp3) is 0.435. The van der Waals surface area contributed by atoms with Crippen LogP contribution in [0.25, 0.3) is 0 Å². The first-order chi connectivity index (χ1) is 14.9. The summed E-state index contributed by atoms with van der Waals surface area (Å²) in [5.74, 6) is -0.327. The third-order valence-corrected chi connectivity index (χ3v) is 7.55. The van der Waals surface area contributed by atoms with E-state index in [-0.39, 0.29) is 10.8 Å². The van der Waals surface area contributed by atoms with Gasteiger partial charge >= 0.3 is 0 Å². The van der Waals surface area contributed by atoms with E-state index in [2.05, 4.69) is 17.1 Å². The van der Waals surface area contributed by atoms with Gasteiger partial charge in [-0.25, -0.2) is 8.42 Å². The Balaban J connectivity index is 2.02. The number of hydrogen-bond donors (Lipinski definition) is 1. The molecule has 0 bridgehead atoms. The number of anilines is 2. The van der Waals surface area contributed by atoms with Gasteiger partial charge in [0.15, 0.2) is 0 Å². The van der Waals surface area contributed by atoms with Crippen LogP contribution in [0.5, 0.6) is 0 Å². The van der Waals surface area contributed by atoms with Gasteiger partial charge in [-0.2, -0.15) is 4.31 Å². The molecule has 2 aromatic carbocycles. The van der Waals surface area contributed by atoms with Gasteiger partial charge in [0.2, 0.25) is 10.0 Å². The van der Waals surface area contributed by atoms with Gasteiger partial charge in [-0.3, -0.25) is 4.79 Å². The molecular formula is C23H31N3O4S. The molecule has 0 aliphatic carbocycles. The van der Waals surface area contributed by atoms with Crippen LogP contribution in [-0.2, 0) is 21.2 Å². The minimum absolute atomic E-state index is 0.126. The van der Waals surface area contributed by atoms with Gasteiger partial charge in [0, 0.05) is 37.6 Å². The number of carbonyl (C=O) groups excluding carboxylic acids is 1. The highest BCUT2D eigenvalue weighted by molar-refractivity contribution is 7.89. The molecule has 31 heavy (non-hydrogen) atoms. The van der Waals surface area contributed by atoms with Crippen LogP contribution in [0.2, 0.25) is 0 Å². The largest absolute Gasteiger partial charge is 0.378 e. The lowest BCUT2D eigenvalue weighted by Crippen LogP contribution is -2.37. The molecular weight excluding hydrogens is 414 g/mol. The Bertz CT molecular complexity index is 1010. The molecule has 1 amide bonds. The monoisotopic (exact) mass is 445 g/mol. The average Bonchev–Trinajstić information content (AvgIpc) is 2.80. The van der Waals surface area contributed by atoms with Gasteiger partial charge in [-0.05, 0) is 42.3 Å². The molecule has 0 atom stereocenters. The number of aryl methyl sites for hydroxylation is 1. The number of hydrogen-bond acceptors (Lipinski definition) is 5. The molecule has 0 saturated carbocycles. The lowest BCUT2D eigenvalue weighted by Gasteiger charge is -2.30. The summed E-state index contributed by atoms with van der Waals surface area (Å²) in [5.41, 5.74) is 2.86. The predicted molar refractivity (Wildman–Crippen MR) is 123 cm³/mol. The zero-order valence-corrected chi connectivity index (χ0v) is 19.2. The lowest BCUT2D eigenvalue weighted by atomic mass is 10.1. The lowest BCUT2D eigenvalue weighted by molar-refractivity contribution is 0.102. The van der Waals surface area contributed by atoms with Gasteiger partial charge in [0.05, 0.1) is 23.7 Å². The maximum Gasteiger partial charge on any atom is 0.257 e. The topological polar surface area (TPSA) is 79.0 Å². The molecule has 0 radical (unpaired) electrons. The van der Waals surface area contributed by atoms with Crippen molar-refractivity contribution in [3.63, 3.8) is 0 Å². The zero-order chi connectivity index (χ0) is 22.4. The molecule has 1 fully saturated rings. The fourth-order valence-corrected chi connectivity index (χ4v) is 5.20. The number of amides is 1. The van der Waals surface area contributed by atoms with E-state index in [0.29, 0.717) is 56.3 Å². The van der Waals surface area contributed by atoms with E-state index in [1.54, 1.807) is 26.0 Å². The van der Waals surface area contributed by atoms with Crippen molar-refractivity contribution in [1.82, 2.24) is 4.31 Å². The summed E-state index contributed by atoms with van der Waals surface area (Å²) in [6.45, 7) is 8.83. The molecule has 1 saturated heterocycles. The Morgan fingerprint density at radius 3 is 2.42 bits per heavy atom. The van der Waals surface area contributed by atoms with E-state index < -0.39 is 10.0 Å². The Labute approximate surface area is 185 Å². The van der Waals surface area contributed by atoms with E-state index in [0.717, 1.165) is 12.0 Å². The van der Waals surface area contributed by atoms with Gasteiger partial charge in [0.25, 0.3) is 5.91 Å². The Morgan fingerprint density at radius 1 is 1.06 bits per heavy atom. The van der Waals surface area contributed by atoms with Crippen LogP contribution in [-0.4, -0.2) is 58.0 Å². The van der Waals surface area contributed by atoms with Crippen LogP contribution in [0.3, 0.4) is 0 Å². The summed E-state index contributed by atoms with van der Waals surface area (Å²) in [6.07, 6.45) is 0.861. The highest BCUT2D eigenvalue weighted by atomic mass is 32.2. The second-order valence-corrected chi connectivity index (χ2v) is 9.31. The molecule has 1 aliphatic heterocycles. The maximum atomic E-state index is 13.3. The van der Waals surface area contributed by atoms with Gasteiger partial charge in [-0.15, -0.1) is 0 Å². The fourth-order valence-electron chi connectivity index (χ4n) is 3.72. The van der Waals surface area contributed by atoms with Crippen molar-refractivity contribution in [3.05, 3.63) is 53.6 Å². The van der Waals surface area contributed by atoms with Crippen molar-refractivity contribution >= 4 is 27.3 Å². The first kappa shape index (κ1) is 23.2. The third kappa shape index (κ3) is 5.26. The number of carbonyl (C=O) groups is 1. The smallest absolute Gasteiger partial charge is 0.257 e. The van der Waals surface area contributed by atoms with Gasteiger partial charge in [0.1, 0.15) is 0 Å². The van der Waals surface area contributed by atoms with Crippen molar-refractivity contribution < 1.29 is 17.9 Å². The summed E-state index contributed by atoms with van der Waals surface area (Å²) in [7, 11) is -3.68. The molecule has 2 aromatic rings. The van der Waals surface area contributed by atoms with Crippen LogP contribution in [0.15, 0.2) is 47.4 Å². The standard InChI is InChI=1S/C23H31N3O4S/c1-4-18-8-7-9-19(16-18)24-23(27)21-17-20(31(28,29)26(5-2)6-3)10-11-22(21)25-12-14-30-15-13-25/h7-11,16-17H,4-6,12-15H2,1-3H3,(H,24,27). The number of benzene rings is 2.